The zero-order valence-corrected chi connectivity index (χ0v) is 20.1. The van der Waals surface area contributed by atoms with E-state index in [2.05, 4.69) is 25.2 Å². The first-order valence-corrected chi connectivity index (χ1v) is 11.3. The highest BCUT2D eigenvalue weighted by Crippen LogP contribution is 2.43. The molecule has 2 heterocycles. The molecule has 0 unspecified atom stereocenters. The summed E-state index contributed by atoms with van der Waals surface area (Å²) in [7, 11) is 3.07. The number of carbonyl (C=O) groups excluding carboxylic acids is 1. The summed E-state index contributed by atoms with van der Waals surface area (Å²) in [5.74, 6) is -0.396. The van der Waals surface area contributed by atoms with Crippen molar-refractivity contribution in [3.63, 3.8) is 0 Å². The van der Waals surface area contributed by atoms with Crippen LogP contribution in [0, 0.1) is 5.82 Å². The zero-order chi connectivity index (χ0) is 23.8. The van der Waals surface area contributed by atoms with Crippen LogP contribution in [0.3, 0.4) is 0 Å². The lowest BCUT2D eigenvalue weighted by molar-refractivity contribution is 0.0479. The van der Waals surface area contributed by atoms with Gasteiger partial charge in [-0.1, -0.05) is 23.5 Å². The predicted molar refractivity (Wildman–Crippen MR) is 130 cm³/mol. The maximum absolute atomic E-state index is 13.9. The predicted octanol–water partition coefficient (Wildman–Crippen LogP) is 6.54. The molecule has 3 aromatic rings. The van der Waals surface area contributed by atoms with E-state index in [1.165, 1.54) is 30.6 Å². The lowest BCUT2D eigenvalue weighted by Gasteiger charge is -2.33. The summed E-state index contributed by atoms with van der Waals surface area (Å²) in [6.45, 7) is 6.29. The van der Waals surface area contributed by atoms with Crippen LogP contribution < -0.4 is 14.8 Å². The van der Waals surface area contributed by atoms with E-state index in [0.29, 0.717) is 15.7 Å². The molecule has 172 valence electrons. The summed E-state index contributed by atoms with van der Waals surface area (Å²) in [6.07, 6.45) is 2.15. The second kappa shape index (κ2) is 8.90. The minimum Gasteiger partial charge on any atom is -0.496 e. The highest BCUT2D eigenvalue weighted by molar-refractivity contribution is 7.15. The van der Waals surface area contributed by atoms with E-state index in [1.807, 2.05) is 19.1 Å². The number of rotatable bonds is 6. The molecule has 0 saturated carbocycles. The average Bonchev–Trinajstić information content (AvgIpc) is 3.26. The summed E-state index contributed by atoms with van der Waals surface area (Å²) in [6, 6.07) is 11.8. The number of allylic oxidation sites excluding steroid dienone is 1. The number of anilines is 1. The number of halogens is 1. The van der Waals surface area contributed by atoms with E-state index in [0.717, 1.165) is 33.5 Å². The molecule has 0 fully saturated rings. The average molecular weight is 468 g/mol. The third-order valence-electron chi connectivity index (χ3n) is 5.53. The maximum atomic E-state index is 13.9. The molecule has 0 bridgehead atoms. The third-order valence-corrected chi connectivity index (χ3v) is 6.55. The highest BCUT2D eigenvalue weighted by Gasteiger charge is 2.27. The van der Waals surface area contributed by atoms with Crippen LogP contribution in [-0.2, 0) is 11.3 Å². The molecule has 0 spiro atoms. The first-order valence-electron chi connectivity index (χ1n) is 10.5. The van der Waals surface area contributed by atoms with E-state index in [9.17, 15) is 9.18 Å². The monoisotopic (exact) mass is 467 g/mol. The quantitative estimate of drug-likeness (QED) is 0.418. The molecule has 1 aliphatic rings. The zero-order valence-electron chi connectivity index (χ0n) is 19.2. The van der Waals surface area contributed by atoms with Crippen molar-refractivity contribution in [1.82, 2.24) is 0 Å². The number of thiophene rings is 1. The fourth-order valence-corrected chi connectivity index (χ4v) is 4.95. The van der Waals surface area contributed by atoms with Gasteiger partial charge in [0.1, 0.15) is 23.1 Å². The first kappa shape index (κ1) is 22.9. The van der Waals surface area contributed by atoms with Gasteiger partial charge in [-0.25, -0.2) is 9.18 Å². The van der Waals surface area contributed by atoms with Gasteiger partial charge in [-0.05, 0) is 62.2 Å². The van der Waals surface area contributed by atoms with Crippen molar-refractivity contribution < 1.29 is 23.4 Å². The van der Waals surface area contributed by atoms with Crippen molar-refractivity contribution in [2.45, 2.75) is 32.9 Å². The Kier molecular flexibility index (Phi) is 6.17. The van der Waals surface area contributed by atoms with Crippen molar-refractivity contribution in [3.8, 4) is 21.9 Å². The van der Waals surface area contributed by atoms with Crippen LogP contribution in [0.4, 0.5) is 10.1 Å². The molecule has 0 amide bonds. The number of nitrogens with one attached hydrogen (secondary N) is 1. The van der Waals surface area contributed by atoms with Crippen LogP contribution in [0.2, 0.25) is 0 Å². The Morgan fingerprint density at radius 3 is 2.52 bits per heavy atom. The SMILES string of the molecule is COc1ccc(C(=O)OCc2c(-c3ccc(F)cc3OC)ccc3c2C(C)=CC(C)(C)N3)s1. The highest BCUT2D eigenvalue weighted by atomic mass is 32.1. The molecule has 1 aliphatic heterocycles. The van der Waals surface area contributed by atoms with Crippen molar-refractivity contribution >= 4 is 28.6 Å². The summed E-state index contributed by atoms with van der Waals surface area (Å²) >= 11 is 1.23. The number of hydrogen-bond acceptors (Lipinski definition) is 6. The third kappa shape index (κ3) is 4.59. The first-order chi connectivity index (χ1) is 15.7. The van der Waals surface area contributed by atoms with Gasteiger partial charge in [-0.3, -0.25) is 0 Å². The lowest BCUT2D eigenvalue weighted by Crippen LogP contribution is -2.32. The van der Waals surface area contributed by atoms with Crippen LogP contribution in [0.25, 0.3) is 16.7 Å². The molecule has 0 aliphatic carbocycles. The number of carbonyl (C=O) groups is 1. The van der Waals surface area contributed by atoms with Gasteiger partial charge in [0.25, 0.3) is 0 Å². The number of hydrogen-bond donors (Lipinski definition) is 1. The molecule has 0 radical (unpaired) electrons. The second-order valence-corrected chi connectivity index (χ2v) is 9.48. The molecule has 33 heavy (non-hydrogen) atoms. The number of benzene rings is 2. The molecule has 4 rings (SSSR count). The topological polar surface area (TPSA) is 56.8 Å². The maximum Gasteiger partial charge on any atom is 0.348 e. The molecule has 2 aromatic carbocycles. The van der Waals surface area contributed by atoms with E-state index in [4.69, 9.17) is 14.2 Å². The largest absolute Gasteiger partial charge is 0.496 e. The van der Waals surface area contributed by atoms with Gasteiger partial charge < -0.3 is 19.5 Å². The Morgan fingerprint density at radius 1 is 1.06 bits per heavy atom. The van der Waals surface area contributed by atoms with Crippen LogP contribution in [0.5, 0.6) is 10.8 Å². The van der Waals surface area contributed by atoms with Crippen molar-refractivity contribution in [2.75, 3.05) is 19.5 Å². The number of methoxy groups -OCH3 is 2. The minimum atomic E-state index is -0.427. The smallest absolute Gasteiger partial charge is 0.348 e. The molecular formula is C26H26FNO4S. The van der Waals surface area contributed by atoms with Crippen molar-refractivity contribution in [2.24, 2.45) is 0 Å². The Hall–Kier alpha value is -3.32. The van der Waals surface area contributed by atoms with Crippen molar-refractivity contribution in [1.29, 1.82) is 0 Å². The van der Waals surface area contributed by atoms with Crippen LogP contribution in [0.1, 0.15) is 41.6 Å². The molecule has 0 atom stereocenters. The molecule has 1 aromatic heterocycles. The standard InChI is InChI=1S/C26H26FNO4S/c1-15-13-26(2,3)28-20-9-8-17(18-7-6-16(27)12-21(18)30-4)19(24(15)20)14-32-25(29)22-10-11-23(31-5)33-22/h6-13,28H,14H2,1-5H3. The van der Waals surface area contributed by atoms with Gasteiger partial charge >= 0.3 is 5.97 Å². The molecule has 1 N–H and O–H groups in total. The molecular weight excluding hydrogens is 441 g/mol. The fraction of sp³-hybridized carbons (Fsp3) is 0.269. The Labute approximate surface area is 196 Å². The van der Waals surface area contributed by atoms with Gasteiger partial charge in [0.2, 0.25) is 0 Å². The Bertz CT molecular complexity index is 1250. The number of esters is 1. The van der Waals surface area contributed by atoms with E-state index < -0.39 is 5.97 Å². The Balaban J connectivity index is 1.80. The number of ether oxygens (including phenoxy) is 3. The summed E-state index contributed by atoms with van der Waals surface area (Å²) in [5, 5.41) is 4.17. The van der Waals surface area contributed by atoms with Crippen LogP contribution in [-0.4, -0.2) is 25.7 Å². The van der Waals surface area contributed by atoms with Crippen LogP contribution >= 0.6 is 11.3 Å². The second-order valence-electron chi connectivity index (χ2n) is 8.43. The van der Waals surface area contributed by atoms with Gasteiger partial charge in [-0.2, -0.15) is 0 Å². The van der Waals surface area contributed by atoms with Gasteiger partial charge in [-0.15, -0.1) is 0 Å². The van der Waals surface area contributed by atoms with Crippen molar-refractivity contribution in [3.05, 3.63) is 70.4 Å². The fourth-order valence-electron chi connectivity index (χ4n) is 4.24. The molecule has 5 nitrogen and oxygen atoms in total. The Morgan fingerprint density at radius 2 is 1.82 bits per heavy atom. The molecule has 7 heteroatoms. The summed E-state index contributed by atoms with van der Waals surface area (Å²) in [5.41, 5.74) is 5.14. The number of fused-ring (bicyclic) bond motifs is 1. The van der Waals surface area contributed by atoms with E-state index in [-0.39, 0.29) is 18.0 Å². The summed E-state index contributed by atoms with van der Waals surface area (Å²) in [4.78, 5) is 13.2. The summed E-state index contributed by atoms with van der Waals surface area (Å²) < 4.78 is 30.2. The lowest BCUT2D eigenvalue weighted by atomic mass is 9.85. The van der Waals surface area contributed by atoms with Gasteiger partial charge in [0.05, 0.1) is 19.8 Å². The minimum absolute atomic E-state index is 0.0470. The van der Waals surface area contributed by atoms with E-state index >= 15 is 0 Å². The molecule has 0 saturated heterocycles. The van der Waals surface area contributed by atoms with Crippen LogP contribution in [0.15, 0.2) is 48.5 Å². The normalized spacial score (nSPS) is 14.1. The van der Waals surface area contributed by atoms with Gasteiger partial charge in [0, 0.05) is 28.4 Å². The van der Waals surface area contributed by atoms with E-state index in [1.54, 1.807) is 25.3 Å². The van der Waals surface area contributed by atoms with Gasteiger partial charge in [0.15, 0.2) is 5.06 Å².